The smallest absolute Gasteiger partial charge is 0.0726 e. The number of aryl methyl sites for hydroxylation is 1. The summed E-state index contributed by atoms with van der Waals surface area (Å²) in [4.78, 5) is 11.9. The lowest BCUT2D eigenvalue weighted by atomic mass is 9.98. The van der Waals surface area contributed by atoms with Crippen LogP contribution in [-0.2, 0) is 12.8 Å². The molecule has 1 aliphatic carbocycles. The monoisotopic (exact) mass is 358 g/mol. The molecule has 5 rings (SSSR count). The van der Waals surface area contributed by atoms with Crippen LogP contribution in [0.5, 0.6) is 0 Å². The van der Waals surface area contributed by atoms with Crippen LogP contribution in [0.4, 0.5) is 5.69 Å². The van der Waals surface area contributed by atoms with Crippen LogP contribution >= 0.6 is 0 Å². The first-order valence-corrected chi connectivity index (χ1v) is 10.2. The second-order valence-corrected chi connectivity index (χ2v) is 7.91. The van der Waals surface area contributed by atoms with Crippen LogP contribution in [0.15, 0.2) is 42.7 Å². The van der Waals surface area contributed by atoms with Crippen LogP contribution in [0.2, 0.25) is 0 Å². The molecule has 1 fully saturated rings. The topological polar surface area (TPSA) is 55.0 Å². The van der Waals surface area contributed by atoms with Crippen LogP contribution in [-0.4, -0.2) is 29.1 Å². The van der Waals surface area contributed by atoms with Gasteiger partial charge in [0.25, 0.3) is 0 Å². The molecule has 2 aliphatic rings. The maximum atomic E-state index is 6.27. The van der Waals surface area contributed by atoms with Crippen molar-refractivity contribution in [3.05, 3.63) is 54.0 Å². The molecule has 1 aromatic carbocycles. The third kappa shape index (κ3) is 3.08. The molecule has 4 nitrogen and oxygen atoms in total. The van der Waals surface area contributed by atoms with Crippen LogP contribution in [0.3, 0.4) is 0 Å². The SMILES string of the molecule is N[C@H]1CCN(c2c3c(nc4ccc(-c5cccnc5)cc24)CCCCC3)C1. The fourth-order valence-corrected chi connectivity index (χ4v) is 4.64. The number of nitrogens with zero attached hydrogens (tertiary/aromatic N) is 3. The number of rotatable bonds is 2. The van der Waals surface area contributed by atoms with E-state index in [0.717, 1.165) is 43.4 Å². The number of hydrogen-bond acceptors (Lipinski definition) is 4. The van der Waals surface area contributed by atoms with Crippen molar-refractivity contribution in [3.63, 3.8) is 0 Å². The Morgan fingerprint density at radius 3 is 2.78 bits per heavy atom. The Kier molecular flexibility index (Phi) is 4.29. The normalized spacial score (nSPS) is 19.9. The molecule has 1 atom stereocenters. The quantitative estimate of drug-likeness (QED) is 0.701. The van der Waals surface area contributed by atoms with Crippen LogP contribution in [0, 0.1) is 0 Å². The minimum atomic E-state index is 0.274. The zero-order valence-corrected chi connectivity index (χ0v) is 15.7. The zero-order valence-electron chi connectivity index (χ0n) is 15.7. The summed E-state index contributed by atoms with van der Waals surface area (Å²) in [7, 11) is 0. The van der Waals surface area contributed by atoms with Crippen molar-refractivity contribution in [1.82, 2.24) is 9.97 Å². The van der Waals surface area contributed by atoms with Gasteiger partial charge in [-0.3, -0.25) is 9.97 Å². The van der Waals surface area contributed by atoms with Gasteiger partial charge in [-0.1, -0.05) is 18.6 Å². The number of pyridine rings is 2. The Balaban J connectivity index is 1.73. The third-order valence-electron chi connectivity index (χ3n) is 6.02. The highest BCUT2D eigenvalue weighted by molar-refractivity contribution is 5.97. The van der Waals surface area contributed by atoms with Crippen LogP contribution in [0.25, 0.3) is 22.0 Å². The molecule has 0 amide bonds. The highest BCUT2D eigenvalue weighted by Crippen LogP contribution is 2.38. The molecule has 138 valence electrons. The Hall–Kier alpha value is -2.46. The van der Waals surface area contributed by atoms with Crippen molar-refractivity contribution in [1.29, 1.82) is 0 Å². The van der Waals surface area contributed by atoms with Gasteiger partial charge < -0.3 is 10.6 Å². The molecule has 0 radical (unpaired) electrons. The van der Waals surface area contributed by atoms with Gasteiger partial charge >= 0.3 is 0 Å². The molecule has 0 bridgehead atoms. The third-order valence-corrected chi connectivity index (χ3v) is 6.02. The van der Waals surface area contributed by atoms with E-state index in [0.29, 0.717) is 0 Å². The van der Waals surface area contributed by atoms with Crippen molar-refractivity contribution in [2.24, 2.45) is 5.73 Å². The van der Waals surface area contributed by atoms with Gasteiger partial charge in [0.15, 0.2) is 0 Å². The second-order valence-electron chi connectivity index (χ2n) is 7.91. The summed E-state index contributed by atoms with van der Waals surface area (Å²) < 4.78 is 0. The first kappa shape index (κ1) is 16.7. The van der Waals surface area contributed by atoms with E-state index in [1.165, 1.54) is 47.2 Å². The van der Waals surface area contributed by atoms with Gasteiger partial charge in [-0.15, -0.1) is 0 Å². The van der Waals surface area contributed by atoms with Gasteiger partial charge in [-0.2, -0.15) is 0 Å². The van der Waals surface area contributed by atoms with Gasteiger partial charge in [-0.05, 0) is 61.4 Å². The minimum Gasteiger partial charge on any atom is -0.369 e. The predicted molar refractivity (Wildman–Crippen MR) is 111 cm³/mol. The molecule has 4 heteroatoms. The number of aromatic nitrogens is 2. The zero-order chi connectivity index (χ0) is 18.2. The molecule has 27 heavy (non-hydrogen) atoms. The summed E-state index contributed by atoms with van der Waals surface area (Å²) in [6.07, 6.45) is 10.9. The minimum absolute atomic E-state index is 0.274. The first-order valence-electron chi connectivity index (χ1n) is 10.2. The first-order chi connectivity index (χ1) is 13.3. The van der Waals surface area contributed by atoms with Crippen molar-refractivity contribution in [2.45, 2.75) is 44.6 Å². The van der Waals surface area contributed by atoms with Crippen molar-refractivity contribution < 1.29 is 0 Å². The van der Waals surface area contributed by atoms with E-state index in [-0.39, 0.29) is 6.04 Å². The Morgan fingerprint density at radius 1 is 1.04 bits per heavy atom. The summed E-state index contributed by atoms with van der Waals surface area (Å²) in [5.74, 6) is 0. The van der Waals surface area contributed by atoms with Gasteiger partial charge in [-0.25, -0.2) is 0 Å². The van der Waals surface area contributed by atoms with Gasteiger partial charge in [0.1, 0.15) is 0 Å². The number of hydrogen-bond donors (Lipinski definition) is 1. The fourth-order valence-electron chi connectivity index (χ4n) is 4.64. The average molecular weight is 358 g/mol. The van der Waals surface area contributed by atoms with Crippen LogP contribution in [0.1, 0.15) is 36.9 Å². The molecular formula is C23H26N4. The van der Waals surface area contributed by atoms with E-state index >= 15 is 0 Å². The molecular weight excluding hydrogens is 332 g/mol. The van der Waals surface area contributed by atoms with Crippen molar-refractivity contribution in [3.8, 4) is 11.1 Å². The number of anilines is 1. The Morgan fingerprint density at radius 2 is 1.96 bits per heavy atom. The van der Waals surface area contributed by atoms with Crippen molar-refractivity contribution >= 4 is 16.6 Å². The van der Waals surface area contributed by atoms with Gasteiger partial charge in [0.05, 0.1) is 11.2 Å². The molecule has 1 saturated heterocycles. The molecule has 1 aliphatic heterocycles. The van der Waals surface area contributed by atoms with E-state index in [4.69, 9.17) is 10.7 Å². The number of fused-ring (bicyclic) bond motifs is 2. The lowest BCUT2D eigenvalue weighted by molar-refractivity contribution is 0.708. The average Bonchev–Trinajstić information content (AvgIpc) is 2.99. The van der Waals surface area contributed by atoms with E-state index < -0.39 is 0 Å². The number of benzene rings is 1. The summed E-state index contributed by atoms with van der Waals surface area (Å²) in [5.41, 5.74) is 13.9. The molecule has 0 spiro atoms. The van der Waals surface area contributed by atoms with Gasteiger partial charge in [0.2, 0.25) is 0 Å². The van der Waals surface area contributed by atoms with E-state index in [1.807, 2.05) is 18.5 Å². The predicted octanol–water partition coefficient (Wildman–Crippen LogP) is 4.10. The maximum Gasteiger partial charge on any atom is 0.0726 e. The molecule has 3 heterocycles. The lowest BCUT2D eigenvalue weighted by Gasteiger charge is -2.25. The fraction of sp³-hybridized carbons (Fsp3) is 0.391. The Labute approximate surface area is 160 Å². The summed E-state index contributed by atoms with van der Waals surface area (Å²) in [6, 6.07) is 11.1. The van der Waals surface area contributed by atoms with E-state index in [9.17, 15) is 0 Å². The Bertz CT molecular complexity index is 967. The molecule has 2 N–H and O–H groups in total. The molecule has 3 aromatic rings. The largest absolute Gasteiger partial charge is 0.369 e. The molecule has 0 saturated carbocycles. The summed E-state index contributed by atoms with van der Waals surface area (Å²) >= 11 is 0. The number of nitrogens with two attached hydrogens (primary N) is 1. The summed E-state index contributed by atoms with van der Waals surface area (Å²) in [6.45, 7) is 1.99. The van der Waals surface area contributed by atoms with E-state index in [1.54, 1.807) is 0 Å². The maximum absolute atomic E-state index is 6.27. The molecule has 0 unspecified atom stereocenters. The van der Waals surface area contributed by atoms with Gasteiger partial charge in [0, 0.05) is 48.2 Å². The van der Waals surface area contributed by atoms with E-state index in [2.05, 4.69) is 34.1 Å². The standard InChI is InChI=1S/C23H26N4/c24-18-10-12-27(15-18)23-19-6-2-1-3-7-21(19)26-22-9-8-16(13-20(22)23)17-5-4-11-25-14-17/h4-5,8-9,11,13-14,18H,1-3,6-7,10,12,15,24H2/t18-/m0/s1. The molecule has 2 aromatic heterocycles. The van der Waals surface area contributed by atoms with Crippen LogP contribution < -0.4 is 10.6 Å². The second kappa shape index (κ2) is 6.93. The van der Waals surface area contributed by atoms with Crippen molar-refractivity contribution in [2.75, 3.05) is 18.0 Å². The highest BCUT2D eigenvalue weighted by atomic mass is 15.2. The summed E-state index contributed by atoms with van der Waals surface area (Å²) in [5, 5.41) is 1.27. The lowest BCUT2D eigenvalue weighted by Crippen LogP contribution is -2.27. The highest BCUT2D eigenvalue weighted by Gasteiger charge is 2.26.